The summed E-state index contributed by atoms with van der Waals surface area (Å²) in [7, 11) is 0. The van der Waals surface area contributed by atoms with Crippen LogP contribution in [0.15, 0.2) is 66.7 Å². The molecule has 0 atom stereocenters. The first kappa shape index (κ1) is 25.4. The first-order chi connectivity index (χ1) is 18.4. The Labute approximate surface area is 219 Å². The minimum atomic E-state index is -1.09. The van der Waals surface area contributed by atoms with Crippen LogP contribution in [0.4, 0.5) is 4.39 Å². The predicted octanol–water partition coefficient (Wildman–Crippen LogP) is 2.79. The van der Waals surface area contributed by atoms with Gasteiger partial charge in [0.15, 0.2) is 0 Å². The molecule has 3 aromatic carbocycles. The van der Waals surface area contributed by atoms with Crippen LogP contribution in [0.5, 0.6) is 0 Å². The highest BCUT2D eigenvalue weighted by molar-refractivity contribution is 6.01. The van der Waals surface area contributed by atoms with E-state index in [-0.39, 0.29) is 42.8 Å². The molecule has 1 fully saturated rings. The number of amides is 3. The summed E-state index contributed by atoms with van der Waals surface area (Å²) in [5.74, 6) is -1.24. The second-order valence-electron chi connectivity index (χ2n) is 9.62. The maximum absolute atomic E-state index is 13.6. The highest BCUT2D eigenvalue weighted by Gasteiger charge is 2.41. The maximum atomic E-state index is 13.6. The molecular formula is C29H30FN5O3. The second-order valence-corrected chi connectivity index (χ2v) is 9.62. The molecule has 8 nitrogen and oxygen atoms in total. The fraction of sp³-hybridized carbons (Fsp3) is 0.276. The number of carbonyl (C=O) groups is 3. The molecule has 1 aliphatic rings. The zero-order valence-electron chi connectivity index (χ0n) is 20.9. The van der Waals surface area contributed by atoms with E-state index in [1.54, 1.807) is 12.1 Å². The van der Waals surface area contributed by atoms with E-state index in [4.69, 9.17) is 0 Å². The lowest BCUT2D eigenvalue weighted by Crippen LogP contribution is -2.63. The SMILES string of the molecule is O=C(Cc1cccc2ccccc12)NCCNC(=O)C1(NC(=O)c2cc3cc(F)ccc3[nH]2)CCNCC1. The lowest BCUT2D eigenvalue weighted by Gasteiger charge is -2.36. The van der Waals surface area contributed by atoms with Crippen molar-refractivity contribution in [1.82, 2.24) is 26.3 Å². The summed E-state index contributed by atoms with van der Waals surface area (Å²) in [5, 5.41) is 14.6. The van der Waals surface area contributed by atoms with Crippen LogP contribution in [0.1, 0.15) is 28.9 Å². The Hall–Kier alpha value is -4.24. The molecule has 9 heteroatoms. The van der Waals surface area contributed by atoms with Gasteiger partial charge in [-0.25, -0.2) is 4.39 Å². The molecule has 3 amide bonds. The Kier molecular flexibility index (Phi) is 7.37. The summed E-state index contributed by atoms with van der Waals surface area (Å²) in [5.41, 5.74) is 0.759. The van der Waals surface area contributed by atoms with Crippen LogP contribution >= 0.6 is 0 Å². The largest absolute Gasteiger partial charge is 0.354 e. The van der Waals surface area contributed by atoms with Gasteiger partial charge in [0, 0.05) is 24.0 Å². The number of piperidine rings is 1. The average molecular weight is 516 g/mol. The van der Waals surface area contributed by atoms with E-state index in [9.17, 15) is 18.8 Å². The van der Waals surface area contributed by atoms with Crippen LogP contribution in [-0.2, 0) is 16.0 Å². The van der Waals surface area contributed by atoms with Gasteiger partial charge in [-0.05, 0) is 66.5 Å². The number of fused-ring (bicyclic) bond motifs is 2. The van der Waals surface area contributed by atoms with Crippen molar-refractivity contribution in [2.45, 2.75) is 24.8 Å². The monoisotopic (exact) mass is 515 g/mol. The highest BCUT2D eigenvalue weighted by atomic mass is 19.1. The van der Waals surface area contributed by atoms with Gasteiger partial charge in [0.1, 0.15) is 17.1 Å². The van der Waals surface area contributed by atoms with Crippen LogP contribution < -0.4 is 21.3 Å². The van der Waals surface area contributed by atoms with E-state index in [1.807, 2.05) is 42.5 Å². The zero-order valence-corrected chi connectivity index (χ0v) is 20.9. The maximum Gasteiger partial charge on any atom is 0.268 e. The van der Waals surface area contributed by atoms with E-state index in [1.165, 1.54) is 12.1 Å². The molecule has 5 N–H and O–H groups in total. The molecule has 0 radical (unpaired) electrons. The van der Waals surface area contributed by atoms with E-state index < -0.39 is 11.4 Å². The molecule has 5 rings (SSSR count). The van der Waals surface area contributed by atoms with Crippen molar-refractivity contribution in [2.24, 2.45) is 0 Å². The number of hydrogen-bond acceptors (Lipinski definition) is 4. The van der Waals surface area contributed by atoms with Crippen molar-refractivity contribution >= 4 is 39.4 Å². The molecule has 4 aromatic rings. The quantitative estimate of drug-likeness (QED) is 0.232. The Bertz CT molecular complexity index is 1490. The molecule has 0 aliphatic carbocycles. The third kappa shape index (κ3) is 5.52. The van der Waals surface area contributed by atoms with Crippen LogP contribution in [0.2, 0.25) is 0 Å². The van der Waals surface area contributed by atoms with E-state index in [2.05, 4.69) is 26.3 Å². The number of halogens is 1. The van der Waals surface area contributed by atoms with Gasteiger partial charge in [-0.15, -0.1) is 0 Å². The summed E-state index contributed by atoms with van der Waals surface area (Å²) < 4.78 is 13.6. The zero-order chi connectivity index (χ0) is 26.5. The number of H-pyrrole nitrogens is 1. The Morgan fingerprint density at radius 2 is 1.63 bits per heavy atom. The van der Waals surface area contributed by atoms with Crippen LogP contribution in [-0.4, -0.2) is 54.4 Å². The van der Waals surface area contributed by atoms with E-state index in [0.717, 1.165) is 16.3 Å². The molecule has 1 aliphatic heterocycles. The van der Waals surface area contributed by atoms with Gasteiger partial charge in [0.25, 0.3) is 5.91 Å². The summed E-state index contributed by atoms with van der Waals surface area (Å²) >= 11 is 0. The van der Waals surface area contributed by atoms with Gasteiger partial charge in [-0.1, -0.05) is 42.5 Å². The summed E-state index contributed by atoms with van der Waals surface area (Å²) in [6.45, 7) is 1.66. The standard InChI is InChI=1S/C29H30FN5O3/c30-22-8-9-24-21(16-22)17-25(34-24)27(37)35-29(10-12-31-13-11-29)28(38)33-15-14-32-26(36)18-20-6-3-5-19-4-1-2-7-23(19)20/h1-9,16-17,31,34H,10-15,18H2,(H,32,36)(H,33,38)(H,35,37). The molecule has 1 saturated heterocycles. The molecule has 196 valence electrons. The third-order valence-corrected chi connectivity index (χ3v) is 7.04. The highest BCUT2D eigenvalue weighted by Crippen LogP contribution is 2.22. The number of hydrogen-bond donors (Lipinski definition) is 5. The number of rotatable bonds is 8. The fourth-order valence-corrected chi connectivity index (χ4v) is 5.00. The van der Waals surface area contributed by atoms with Crippen LogP contribution in [0.3, 0.4) is 0 Å². The first-order valence-corrected chi connectivity index (χ1v) is 12.8. The van der Waals surface area contributed by atoms with Gasteiger partial charge in [0.05, 0.1) is 6.42 Å². The summed E-state index contributed by atoms with van der Waals surface area (Å²) in [4.78, 5) is 41.9. The third-order valence-electron chi connectivity index (χ3n) is 7.04. The van der Waals surface area contributed by atoms with Gasteiger partial charge >= 0.3 is 0 Å². The lowest BCUT2D eigenvalue weighted by atomic mass is 9.87. The van der Waals surface area contributed by atoms with Gasteiger partial charge in [-0.3, -0.25) is 14.4 Å². The summed E-state index contributed by atoms with van der Waals surface area (Å²) in [6, 6.07) is 19.6. The average Bonchev–Trinajstić information content (AvgIpc) is 3.35. The molecule has 38 heavy (non-hydrogen) atoms. The number of nitrogens with one attached hydrogen (secondary N) is 5. The topological polar surface area (TPSA) is 115 Å². The summed E-state index contributed by atoms with van der Waals surface area (Å²) in [6.07, 6.45) is 1.09. The Morgan fingerprint density at radius 1 is 0.868 bits per heavy atom. The van der Waals surface area contributed by atoms with E-state index in [0.29, 0.717) is 36.8 Å². The minimum Gasteiger partial charge on any atom is -0.354 e. The molecule has 0 unspecified atom stereocenters. The molecule has 0 saturated carbocycles. The van der Waals surface area contributed by atoms with Crippen LogP contribution in [0, 0.1) is 5.82 Å². The van der Waals surface area contributed by atoms with Crippen molar-refractivity contribution < 1.29 is 18.8 Å². The van der Waals surface area contributed by atoms with Gasteiger partial charge < -0.3 is 26.3 Å². The van der Waals surface area contributed by atoms with Crippen molar-refractivity contribution in [1.29, 1.82) is 0 Å². The fourth-order valence-electron chi connectivity index (χ4n) is 5.00. The molecular weight excluding hydrogens is 485 g/mol. The molecule has 0 bridgehead atoms. The number of aromatic nitrogens is 1. The lowest BCUT2D eigenvalue weighted by molar-refractivity contribution is -0.128. The van der Waals surface area contributed by atoms with Gasteiger partial charge in [0.2, 0.25) is 11.8 Å². The smallest absolute Gasteiger partial charge is 0.268 e. The Balaban J connectivity index is 1.17. The normalized spacial score (nSPS) is 14.8. The van der Waals surface area contributed by atoms with Crippen molar-refractivity contribution in [3.05, 3.63) is 83.8 Å². The second kappa shape index (κ2) is 11.0. The minimum absolute atomic E-state index is 0.129. The van der Waals surface area contributed by atoms with E-state index >= 15 is 0 Å². The van der Waals surface area contributed by atoms with Crippen molar-refractivity contribution in [3.63, 3.8) is 0 Å². The van der Waals surface area contributed by atoms with Gasteiger partial charge in [-0.2, -0.15) is 0 Å². The predicted molar refractivity (Wildman–Crippen MR) is 144 cm³/mol. The molecule has 2 heterocycles. The number of carbonyl (C=O) groups excluding carboxylic acids is 3. The molecule has 0 spiro atoms. The van der Waals surface area contributed by atoms with Crippen LogP contribution in [0.25, 0.3) is 21.7 Å². The van der Waals surface area contributed by atoms with Crippen molar-refractivity contribution in [3.8, 4) is 0 Å². The number of aromatic amines is 1. The molecule has 1 aromatic heterocycles. The first-order valence-electron chi connectivity index (χ1n) is 12.8. The number of benzene rings is 3. The van der Waals surface area contributed by atoms with Crippen molar-refractivity contribution in [2.75, 3.05) is 26.2 Å². The Morgan fingerprint density at radius 3 is 2.47 bits per heavy atom.